The van der Waals surface area contributed by atoms with E-state index >= 15 is 0 Å². The van der Waals surface area contributed by atoms with Crippen molar-refractivity contribution in [2.45, 2.75) is 44.6 Å². The Kier molecular flexibility index (Phi) is 5.02. The number of halogens is 2. The highest BCUT2D eigenvalue weighted by Crippen LogP contribution is 2.33. The van der Waals surface area contributed by atoms with Crippen molar-refractivity contribution < 1.29 is 4.39 Å². The molecule has 18 heavy (non-hydrogen) atoms. The molecule has 1 atom stereocenters. The van der Waals surface area contributed by atoms with Crippen LogP contribution >= 0.6 is 11.6 Å². The molecular weight excluding hydrogens is 249 g/mol. The van der Waals surface area contributed by atoms with Gasteiger partial charge in [0, 0.05) is 11.6 Å². The van der Waals surface area contributed by atoms with Crippen molar-refractivity contribution in [1.82, 2.24) is 5.32 Å². The molecule has 1 N–H and O–H groups in total. The minimum atomic E-state index is -0.269. The Morgan fingerprint density at radius 2 is 2.06 bits per heavy atom. The van der Waals surface area contributed by atoms with Crippen molar-refractivity contribution in [2.24, 2.45) is 5.92 Å². The van der Waals surface area contributed by atoms with E-state index in [1.54, 1.807) is 6.07 Å². The Balaban J connectivity index is 2.09. The average Bonchev–Trinajstić information content (AvgIpc) is 2.41. The first kappa shape index (κ1) is 13.8. The number of hydrogen-bond donors (Lipinski definition) is 1. The Morgan fingerprint density at radius 1 is 1.33 bits per heavy atom. The van der Waals surface area contributed by atoms with Crippen molar-refractivity contribution in [3.8, 4) is 0 Å². The minimum absolute atomic E-state index is 0.0757. The van der Waals surface area contributed by atoms with Crippen LogP contribution in [-0.2, 0) is 0 Å². The summed E-state index contributed by atoms with van der Waals surface area (Å²) in [5.74, 6) is 0.448. The second kappa shape index (κ2) is 6.53. The van der Waals surface area contributed by atoms with Crippen molar-refractivity contribution >= 4 is 11.6 Å². The molecule has 0 saturated heterocycles. The van der Waals surface area contributed by atoms with Gasteiger partial charge in [0.1, 0.15) is 5.82 Å². The highest BCUT2D eigenvalue weighted by atomic mass is 35.5. The summed E-state index contributed by atoms with van der Waals surface area (Å²) in [5, 5.41) is 3.45. The van der Waals surface area contributed by atoms with Crippen LogP contribution < -0.4 is 5.32 Å². The minimum Gasteiger partial charge on any atom is -0.313 e. The zero-order valence-electron chi connectivity index (χ0n) is 10.9. The third-order valence-corrected chi connectivity index (χ3v) is 4.29. The first-order valence-corrected chi connectivity index (χ1v) is 7.21. The maximum Gasteiger partial charge on any atom is 0.146 e. The molecule has 0 spiro atoms. The van der Waals surface area contributed by atoms with Gasteiger partial charge >= 0.3 is 0 Å². The standard InChI is InChI=1S/C15H21ClFN/c1-18-14(10-11-6-3-2-4-7-11)12-8-5-9-13(16)15(12)17/h5,8-9,11,14,18H,2-4,6-7,10H2,1H3. The van der Waals surface area contributed by atoms with Gasteiger partial charge in [-0.15, -0.1) is 0 Å². The highest BCUT2D eigenvalue weighted by Gasteiger charge is 2.21. The molecule has 0 radical (unpaired) electrons. The Bertz CT molecular complexity index is 388. The van der Waals surface area contributed by atoms with E-state index in [1.807, 2.05) is 19.2 Å². The molecule has 100 valence electrons. The highest BCUT2D eigenvalue weighted by molar-refractivity contribution is 6.30. The molecule has 0 aromatic heterocycles. The summed E-state index contributed by atoms with van der Waals surface area (Å²) in [7, 11) is 1.90. The number of nitrogens with one attached hydrogen (secondary N) is 1. The normalized spacial score (nSPS) is 18.8. The van der Waals surface area contributed by atoms with Gasteiger partial charge in [0.25, 0.3) is 0 Å². The van der Waals surface area contributed by atoms with Gasteiger partial charge in [-0.1, -0.05) is 55.8 Å². The molecular formula is C15H21ClFN. The predicted molar refractivity (Wildman–Crippen MR) is 74.4 cm³/mol. The third kappa shape index (κ3) is 3.24. The molecule has 1 aromatic carbocycles. The molecule has 3 heteroatoms. The molecule has 0 bridgehead atoms. The topological polar surface area (TPSA) is 12.0 Å². The number of hydrogen-bond acceptors (Lipinski definition) is 1. The van der Waals surface area contributed by atoms with E-state index in [2.05, 4.69) is 5.32 Å². The van der Waals surface area contributed by atoms with Crippen LogP contribution in [-0.4, -0.2) is 7.05 Å². The van der Waals surface area contributed by atoms with E-state index in [0.29, 0.717) is 5.56 Å². The fourth-order valence-electron chi connectivity index (χ4n) is 2.95. The van der Waals surface area contributed by atoms with Gasteiger partial charge in [-0.2, -0.15) is 0 Å². The van der Waals surface area contributed by atoms with E-state index < -0.39 is 0 Å². The molecule has 0 aliphatic heterocycles. The molecule has 0 heterocycles. The van der Waals surface area contributed by atoms with E-state index in [4.69, 9.17) is 11.6 Å². The summed E-state index contributed by atoms with van der Waals surface area (Å²) in [4.78, 5) is 0. The molecule has 1 aliphatic rings. The average molecular weight is 270 g/mol. The van der Waals surface area contributed by atoms with Gasteiger partial charge in [-0.05, 0) is 25.5 Å². The van der Waals surface area contributed by atoms with Crippen LogP contribution in [0, 0.1) is 11.7 Å². The summed E-state index contributed by atoms with van der Waals surface area (Å²) in [6, 6.07) is 5.34. The zero-order chi connectivity index (χ0) is 13.0. The van der Waals surface area contributed by atoms with Crippen molar-refractivity contribution in [3.63, 3.8) is 0 Å². The molecule has 1 nitrogen and oxygen atoms in total. The molecule has 1 fully saturated rings. The van der Waals surface area contributed by atoms with Crippen LogP contribution in [0.25, 0.3) is 0 Å². The molecule has 1 saturated carbocycles. The van der Waals surface area contributed by atoms with Crippen molar-refractivity contribution in [2.75, 3.05) is 7.05 Å². The summed E-state index contributed by atoms with van der Waals surface area (Å²) in [5.41, 5.74) is 0.704. The molecule has 1 aromatic rings. The molecule has 0 amide bonds. The smallest absolute Gasteiger partial charge is 0.146 e. The fourth-order valence-corrected chi connectivity index (χ4v) is 3.13. The second-order valence-electron chi connectivity index (χ2n) is 5.22. The first-order chi connectivity index (χ1) is 8.72. The quantitative estimate of drug-likeness (QED) is 0.835. The van der Waals surface area contributed by atoms with Gasteiger partial charge < -0.3 is 5.32 Å². The van der Waals surface area contributed by atoms with Gasteiger partial charge in [0.2, 0.25) is 0 Å². The van der Waals surface area contributed by atoms with Crippen LogP contribution in [0.2, 0.25) is 5.02 Å². The third-order valence-electron chi connectivity index (χ3n) is 4.00. The lowest BCUT2D eigenvalue weighted by Crippen LogP contribution is -2.22. The van der Waals surface area contributed by atoms with Crippen LogP contribution in [0.15, 0.2) is 18.2 Å². The van der Waals surface area contributed by atoms with Crippen LogP contribution in [0.1, 0.15) is 50.1 Å². The van der Waals surface area contributed by atoms with Crippen LogP contribution in [0.4, 0.5) is 4.39 Å². The Hall–Kier alpha value is -0.600. The van der Waals surface area contributed by atoms with E-state index in [-0.39, 0.29) is 16.9 Å². The summed E-state index contributed by atoms with van der Waals surface area (Å²) < 4.78 is 14.0. The number of benzene rings is 1. The summed E-state index contributed by atoms with van der Waals surface area (Å²) >= 11 is 5.85. The lowest BCUT2D eigenvalue weighted by molar-refractivity contribution is 0.303. The van der Waals surface area contributed by atoms with Crippen LogP contribution in [0.3, 0.4) is 0 Å². The zero-order valence-corrected chi connectivity index (χ0v) is 11.6. The fraction of sp³-hybridized carbons (Fsp3) is 0.600. The second-order valence-corrected chi connectivity index (χ2v) is 5.63. The lowest BCUT2D eigenvalue weighted by atomic mass is 9.83. The Labute approximate surface area is 114 Å². The van der Waals surface area contributed by atoms with E-state index in [1.165, 1.54) is 32.1 Å². The molecule has 2 rings (SSSR count). The summed E-state index contributed by atoms with van der Waals surface area (Å²) in [6.45, 7) is 0. The molecule has 1 unspecified atom stereocenters. The maximum atomic E-state index is 14.0. The van der Waals surface area contributed by atoms with Crippen LogP contribution in [0.5, 0.6) is 0 Å². The largest absolute Gasteiger partial charge is 0.313 e. The van der Waals surface area contributed by atoms with Gasteiger partial charge in [-0.3, -0.25) is 0 Å². The summed E-state index contributed by atoms with van der Waals surface area (Å²) in [6.07, 6.45) is 7.55. The molecule has 1 aliphatic carbocycles. The van der Waals surface area contributed by atoms with E-state index in [9.17, 15) is 4.39 Å². The van der Waals surface area contributed by atoms with Gasteiger partial charge in [0.15, 0.2) is 0 Å². The monoisotopic (exact) mass is 269 g/mol. The SMILES string of the molecule is CNC(CC1CCCCC1)c1cccc(Cl)c1F. The van der Waals surface area contributed by atoms with Gasteiger partial charge in [0.05, 0.1) is 5.02 Å². The van der Waals surface area contributed by atoms with E-state index in [0.717, 1.165) is 12.3 Å². The van der Waals surface area contributed by atoms with Crippen molar-refractivity contribution in [3.05, 3.63) is 34.6 Å². The lowest BCUT2D eigenvalue weighted by Gasteiger charge is -2.27. The maximum absolute atomic E-state index is 14.0. The predicted octanol–water partition coefficient (Wildman–Crippen LogP) is 4.71. The first-order valence-electron chi connectivity index (χ1n) is 6.83. The number of rotatable bonds is 4. The van der Waals surface area contributed by atoms with Crippen molar-refractivity contribution in [1.29, 1.82) is 0 Å². The van der Waals surface area contributed by atoms with Gasteiger partial charge in [-0.25, -0.2) is 4.39 Å². The Morgan fingerprint density at radius 3 is 2.72 bits per heavy atom.